The molecule has 1 saturated heterocycles. The first-order valence-corrected chi connectivity index (χ1v) is 10.4. The molecule has 2 aromatic rings. The second-order valence-corrected chi connectivity index (χ2v) is 8.46. The fourth-order valence-electron chi connectivity index (χ4n) is 2.82. The Balaban J connectivity index is 1.70. The first-order chi connectivity index (χ1) is 12.9. The molecule has 27 heavy (non-hydrogen) atoms. The summed E-state index contributed by atoms with van der Waals surface area (Å²) in [5, 5.41) is 10.9. The summed E-state index contributed by atoms with van der Waals surface area (Å²) in [6.07, 6.45) is 2.07. The number of anilines is 3. The van der Waals surface area contributed by atoms with Crippen molar-refractivity contribution in [1.82, 2.24) is 15.2 Å². The molecule has 9 nitrogen and oxygen atoms in total. The maximum atomic E-state index is 11.7. The van der Waals surface area contributed by atoms with E-state index < -0.39 is 9.84 Å². The van der Waals surface area contributed by atoms with E-state index in [1.165, 1.54) is 6.20 Å². The van der Waals surface area contributed by atoms with Crippen LogP contribution in [0.15, 0.2) is 30.5 Å². The Morgan fingerprint density at radius 2 is 2.07 bits per heavy atom. The van der Waals surface area contributed by atoms with Crippen molar-refractivity contribution in [2.45, 2.75) is 19.4 Å². The number of sulfone groups is 1. The SMILES string of the molecule is CCOC(=O)c1ccc(Nc2nncc(N(C)C3CCS(=O)(=O)C3)n2)cc1. The van der Waals surface area contributed by atoms with Crippen LogP contribution in [0.1, 0.15) is 23.7 Å². The van der Waals surface area contributed by atoms with Crippen molar-refractivity contribution in [1.29, 1.82) is 0 Å². The quantitative estimate of drug-likeness (QED) is 0.730. The van der Waals surface area contributed by atoms with E-state index in [0.717, 1.165) is 0 Å². The van der Waals surface area contributed by atoms with Gasteiger partial charge in [0.1, 0.15) is 0 Å². The van der Waals surface area contributed by atoms with Crippen molar-refractivity contribution < 1.29 is 17.9 Å². The van der Waals surface area contributed by atoms with Gasteiger partial charge in [0, 0.05) is 18.8 Å². The third kappa shape index (κ3) is 4.70. The summed E-state index contributed by atoms with van der Waals surface area (Å²) < 4.78 is 28.3. The molecule has 0 aliphatic carbocycles. The summed E-state index contributed by atoms with van der Waals surface area (Å²) in [7, 11) is -1.18. The first kappa shape index (κ1) is 19.0. The van der Waals surface area contributed by atoms with Crippen LogP contribution in [-0.2, 0) is 14.6 Å². The maximum Gasteiger partial charge on any atom is 0.338 e. The number of rotatable bonds is 6. The van der Waals surface area contributed by atoms with Crippen LogP contribution >= 0.6 is 0 Å². The predicted molar refractivity (Wildman–Crippen MR) is 101 cm³/mol. The topological polar surface area (TPSA) is 114 Å². The minimum Gasteiger partial charge on any atom is -0.462 e. The monoisotopic (exact) mass is 391 g/mol. The number of hydrogen-bond donors (Lipinski definition) is 1. The van der Waals surface area contributed by atoms with Crippen molar-refractivity contribution in [2.24, 2.45) is 0 Å². The fourth-order valence-corrected chi connectivity index (χ4v) is 4.59. The van der Waals surface area contributed by atoms with Crippen molar-refractivity contribution in [2.75, 3.05) is 35.4 Å². The molecule has 0 bridgehead atoms. The number of carbonyl (C=O) groups excluding carboxylic acids is 1. The fraction of sp³-hybridized carbons (Fsp3) is 0.412. The molecule has 1 aromatic carbocycles. The highest BCUT2D eigenvalue weighted by Crippen LogP contribution is 2.22. The van der Waals surface area contributed by atoms with Crippen molar-refractivity contribution in [3.8, 4) is 0 Å². The Bertz CT molecular complexity index is 917. The molecule has 0 radical (unpaired) electrons. The maximum absolute atomic E-state index is 11.7. The molecule has 1 aliphatic heterocycles. The first-order valence-electron chi connectivity index (χ1n) is 8.55. The van der Waals surface area contributed by atoms with Gasteiger partial charge in [-0.3, -0.25) is 0 Å². The molecule has 1 unspecified atom stereocenters. The van der Waals surface area contributed by atoms with E-state index in [-0.39, 0.29) is 29.5 Å². The molecule has 1 atom stereocenters. The van der Waals surface area contributed by atoms with Gasteiger partial charge in [-0.05, 0) is 37.6 Å². The standard InChI is InChI=1S/C17H21N5O4S/c1-3-26-16(23)12-4-6-13(7-5-12)19-17-20-15(10-18-21-17)22(2)14-8-9-27(24,25)11-14/h4-7,10,14H,3,8-9,11H2,1-2H3,(H,19,20,21). The number of esters is 1. The van der Waals surface area contributed by atoms with Gasteiger partial charge in [0.25, 0.3) is 0 Å². The zero-order valence-electron chi connectivity index (χ0n) is 15.1. The lowest BCUT2D eigenvalue weighted by atomic mass is 10.2. The number of aromatic nitrogens is 3. The summed E-state index contributed by atoms with van der Waals surface area (Å²) in [6, 6.07) is 6.61. The highest BCUT2D eigenvalue weighted by atomic mass is 32.2. The highest BCUT2D eigenvalue weighted by Gasteiger charge is 2.31. The summed E-state index contributed by atoms with van der Waals surface area (Å²) in [6.45, 7) is 2.07. The number of hydrogen-bond acceptors (Lipinski definition) is 9. The average molecular weight is 391 g/mol. The van der Waals surface area contributed by atoms with Crippen LogP contribution in [0.2, 0.25) is 0 Å². The van der Waals surface area contributed by atoms with Gasteiger partial charge < -0.3 is 15.0 Å². The predicted octanol–water partition coefficient (Wildman–Crippen LogP) is 1.42. The van der Waals surface area contributed by atoms with E-state index in [1.807, 2.05) is 4.90 Å². The molecule has 1 fully saturated rings. The van der Waals surface area contributed by atoms with Gasteiger partial charge in [-0.25, -0.2) is 13.2 Å². The number of benzene rings is 1. The molecule has 10 heteroatoms. The van der Waals surface area contributed by atoms with Gasteiger partial charge in [0.15, 0.2) is 15.7 Å². The minimum atomic E-state index is -2.98. The molecule has 0 spiro atoms. The number of nitrogens with zero attached hydrogens (tertiary/aromatic N) is 4. The van der Waals surface area contributed by atoms with Crippen LogP contribution in [0.3, 0.4) is 0 Å². The van der Waals surface area contributed by atoms with Gasteiger partial charge in [-0.15, -0.1) is 5.10 Å². The zero-order valence-corrected chi connectivity index (χ0v) is 15.9. The van der Waals surface area contributed by atoms with Crippen molar-refractivity contribution in [3.05, 3.63) is 36.0 Å². The van der Waals surface area contributed by atoms with E-state index >= 15 is 0 Å². The highest BCUT2D eigenvalue weighted by molar-refractivity contribution is 7.91. The van der Waals surface area contributed by atoms with E-state index in [9.17, 15) is 13.2 Å². The summed E-state index contributed by atoms with van der Waals surface area (Å²) in [5.74, 6) is 0.753. The lowest BCUT2D eigenvalue weighted by Crippen LogP contribution is -2.33. The molecular weight excluding hydrogens is 370 g/mol. The largest absolute Gasteiger partial charge is 0.462 e. The van der Waals surface area contributed by atoms with E-state index in [4.69, 9.17) is 4.74 Å². The molecule has 2 heterocycles. The molecule has 1 aromatic heterocycles. The van der Waals surface area contributed by atoms with Crippen LogP contribution in [0, 0.1) is 0 Å². The Hall–Kier alpha value is -2.75. The summed E-state index contributed by atoms with van der Waals surface area (Å²) in [5.41, 5.74) is 1.14. The molecule has 1 N–H and O–H groups in total. The normalized spacial score (nSPS) is 18.1. The third-order valence-electron chi connectivity index (χ3n) is 4.32. The zero-order chi connectivity index (χ0) is 19.4. The van der Waals surface area contributed by atoms with Crippen LogP contribution in [0.5, 0.6) is 0 Å². The van der Waals surface area contributed by atoms with Gasteiger partial charge in [-0.1, -0.05) is 0 Å². The van der Waals surface area contributed by atoms with Crippen molar-refractivity contribution in [3.63, 3.8) is 0 Å². The summed E-state index contributed by atoms with van der Waals surface area (Å²) >= 11 is 0. The lowest BCUT2D eigenvalue weighted by Gasteiger charge is -2.24. The third-order valence-corrected chi connectivity index (χ3v) is 6.07. The molecular formula is C17H21N5O4S. The Kier molecular flexibility index (Phi) is 5.54. The van der Waals surface area contributed by atoms with Crippen LogP contribution < -0.4 is 10.2 Å². The molecule has 0 amide bonds. The second kappa shape index (κ2) is 7.87. The second-order valence-electron chi connectivity index (χ2n) is 6.23. The smallest absolute Gasteiger partial charge is 0.338 e. The van der Waals surface area contributed by atoms with Gasteiger partial charge in [0.2, 0.25) is 5.95 Å². The Labute approximate surface area is 157 Å². The Morgan fingerprint density at radius 1 is 1.33 bits per heavy atom. The lowest BCUT2D eigenvalue weighted by molar-refractivity contribution is 0.0526. The number of carbonyl (C=O) groups is 1. The molecule has 0 saturated carbocycles. The van der Waals surface area contributed by atoms with Gasteiger partial charge in [-0.2, -0.15) is 10.1 Å². The molecule has 3 rings (SSSR count). The van der Waals surface area contributed by atoms with E-state index in [0.29, 0.717) is 30.1 Å². The minimum absolute atomic E-state index is 0.117. The molecule has 1 aliphatic rings. The Morgan fingerprint density at radius 3 is 2.70 bits per heavy atom. The summed E-state index contributed by atoms with van der Waals surface area (Å²) in [4.78, 5) is 17.9. The van der Waals surface area contributed by atoms with Gasteiger partial charge >= 0.3 is 5.97 Å². The van der Waals surface area contributed by atoms with Crippen LogP contribution in [0.4, 0.5) is 17.5 Å². The van der Waals surface area contributed by atoms with Crippen LogP contribution in [0.25, 0.3) is 0 Å². The number of nitrogens with one attached hydrogen (secondary N) is 1. The number of ether oxygens (including phenoxy) is 1. The van der Waals surface area contributed by atoms with Crippen molar-refractivity contribution >= 4 is 33.3 Å². The average Bonchev–Trinajstić information content (AvgIpc) is 3.02. The van der Waals surface area contributed by atoms with E-state index in [2.05, 4.69) is 20.5 Å². The van der Waals surface area contributed by atoms with Crippen LogP contribution in [-0.4, -0.2) is 60.8 Å². The van der Waals surface area contributed by atoms with E-state index in [1.54, 1.807) is 38.2 Å². The molecule has 144 valence electrons. The van der Waals surface area contributed by atoms with Gasteiger partial charge in [0.05, 0.1) is 29.9 Å².